The molecule has 0 spiro atoms. The standard InChI is InChI=1S/C40H60O5/c1-27(2)10-9-11-28(3)34-17-18-35-33-16-14-30-24-32(19-21-39(30,4)36(33)20-22-40(34,35)5)45-38(43)12-7-6-8-23-44-31-15-13-29(26-41)37(42)25-31/h13-15,25-28,32-36,42H,6-12,16-24H2,1-5H3/t28-,32+,33+,34-,35+,36+,39+,40-/m1/s1. The maximum Gasteiger partial charge on any atom is 0.306 e. The number of allylic oxidation sites excluding steroid dienone is 1. The van der Waals surface area contributed by atoms with E-state index in [1.54, 1.807) is 17.7 Å². The molecule has 4 aliphatic rings. The molecule has 3 saturated carbocycles. The van der Waals surface area contributed by atoms with Crippen molar-refractivity contribution in [2.24, 2.45) is 46.3 Å². The van der Waals surface area contributed by atoms with E-state index in [9.17, 15) is 14.7 Å². The van der Waals surface area contributed by atoms with E-state index in [4.69, 9.17) is 9.47 Å². The molecule has 0 amide bonds. The molecule has 5 rings (SSSR count). The van der Waals surface area contributed by atoms with E-state index in [1.165, 1.54) is 57.4 Å². The van der Waals surface area contributed by atoms with Gasteiger partial charge in [0.15, 0.2) is 6.29 Å². The van der Waals surface area contributed by atoms with Crippen LogP contribution in [0.2, 0.25) is 0 Å². The Morgan fingerprint density at radius 1 is 1.00 bits per heavy atom. The zero-order chi connectivity index (χ0) is 32.2. The summed E-state index contributed by atoms with van der Waals surface area (Å²) in [5.41, 5.74) is 2.63. The summed E-state index contributed by atoms with van der Waals surface area (Å²) in [7, 11) is 0. The second kappa shape index (κ2) is 14.6. The Labute approximate surface area is 272 Å². The summed E-state index contributed by atoms with van der Waals surface area (Å²) in [6, 6.07) is 4.70. The van der Waals surface area contributed by atoms with Gasteiger partial charge in [-0.1, -0.05) is 65.5 Å². The molecule has 45 heavy (non-hydrogen) atoms. The first-order valence-electron chi connectivity index (χ1n) is 18.3. The maximum atomic E-state index is 12.7. The van der Waals surface area contributed by atoms with Crippen LogP contribution in [0.5, 0.6) is 11.5 Å². The van der Waals surface area contributed by atoms with Gasteiger partial charge < -0.3 is 14.6 Å². The number of carbonyl (C=O) groups excluding carboxylic acids is 2. The van der Waals surface area contributed by atoms with Crippen molar-refractivity contribution in [3.63, 3.8) is 0 Å². The van der Waals surface area contributed by atoms with E-state index in [0.29, 0.717) is 30.5 Å². The van der Waals surface area contributed by atoms with Gasteiger partial charge in [-0.25, -0.2) is 0 Å². The van der Waals surface area contributed by atoms with Crippen molar-refractivity contribution in [2.75, 3.05) is 6.61 Å². The van der Waals surface area contributed by atoms with Gasteiger partial charge in [-0.3, -0.25) is 9.59 Å². The molecular weight excluding hydrogens is 560 g/mol. The highest BCUT2D eigenvalue weighted by molar-refractivity contribution is 5.79. The van der Waals surface area contributed by atoms with E-state index < -0.39 is 0 Å². The van der Waals surface area contributed by atoms with Crippen molar-refractivity contribution in [3.8, 4) is 11.5 Å². The molecule has 0 aromatic heterocycles. The lowest BCUT2D eigenvalue weighted by Gasteiger charge is -2.58. The average Bonchev–Trinajstić information content (AvgIpc) is 3.36. The lowest BCUT2D eigenvalue weighted by atomic mass is 9.47. The number of hydrogen-bond acceptors (Lipinski definition) is 5. The number of fused-ring (bicyclic) bond motifs is 5. The number of carbonyl (C=O) groups is 2. The first kappa shape index (κ1) is 34.0. The summed E-state index contributed by atoms with van der Waals surface area (Å²) in [5, 5.41) is 9.79. The van der Waals surface area contributed by atoms with Crippen molar-refractivity contribution in [3.05, 3.63) is 35.4 Å². The van der Waals surface area contributed by atoms with Crippen molar-refractivity contribution >= 4 is 12.3 Å². The third-order valence-corrected chi connectivity index (χ3v) is 13.0. The fourth-order valence-corrected chi connectivity index (χ4v) is 10.4. The zero-order valence-electron chi connectivity index (χ0n) is 28.8. The molecule has 5 nitrogen and oxygen atoms in total. The van der Waals surface area contributed by atoms with Gasteiger partial charge in [0.1, 0.15) is 17.6 Å². The van der Waals surface area contributed by atoms with Crippen molar-refractivity contribution in [2.45, 2.75) is 137 Å². The van der Waals surface area contributed by atoms with Crippen molar-refractivity contribution in [1.82, 2.24) is 0 Å². The predicted octanol–water partition coefficient (Wildman–Crippen LogP) is 10.1. The maximum absolute atomic E-state index is 12.7. The van der Waals surface area contributed by atoms with Crippen molar-refractivity contribution < 1.29 is 24.2 Å². The summed E-state index contributed by atoms with van der Waals surface area (Å²) in [6.07, 6.45) is 20.3. The minimum Gasteiger partial charge on any atom is -0.507 e. The van der Waals surface area contributed by atoms with Crippen LogP contribution in [0.4, 0.5) is 0 Å². The smallest absolute Gasteiger partial charge is 0.306 e. The second-order valence-corrected chi connectivity index (χ2v) is 16.1. The normalized spacial score (nSPS) is 33.0. The van der Waals surface area contributed by atoms with Gasteiger partial charge in [-0.05, 0) is 123 Å². The molecule has 0 saturated heterocycles. The van der Waals surface area contributed by atoms with E-state index in [-0.39, 0.29) is 28.8 Å². The van der Waals surface area contributed by atoms with Gasteiger partial charge >= 0.3 is 5.97 Å². The highest BCUT2D eigenvalue weighted by atomic mass is 16.5. The lowest BCUT2D eigenvalue weighted by molar-refractivity contribution is -0.151. The largest absolute Gasteiger partial charge is 0.507 e. The number of phenolic OH excluding ortho intramolecular Hbond substituents is 1. The van der Waals surface area contributed by atoms with E-state index >= 15 is 0 Å². The van der Waals surface area contributed by atoms with E-state index in [0.717, 1.165) is 74.0 Å². The molecule has 5 heteroatoms. The Kier molecular flexibility index (Phi) is 11.1. The van der Waals surface area contributed by atoms with Crippen LogP contribution < -0.4 is 4.74 Å². The quantitative estimate of drug-likeness (QED) is 0.0970. The number of phenols is 1. The summed E-state index contributed by atoms with van der Waals surface area (Å²) in [6.45, 7) is 13.0. The lowest BCUT2D eigenvalue weighted by Crippen LogP contribution is -2.51. The first-order valence-corrected chi connectivity index (χ1v) is 18.3. The van der Waals surface area contributed by atoms with Crippen LogP contribution >= 0.6 is 0 Å². The molecular formula is C40H60O5. The highest BCUT2D eigenvalue weighted by Gasteiger charge is 2.59. The molecule has 3 fully saturated rings. The number of ether oxygens (including phenoxy) is 2. The fourth-order valence-electron chi connectivity index (χ4n) is 10.4. The number of unbranched alkanes of at least 4 members (excludes halogenated alkanes) is 2. The van der Waals surface area contributed by atoms with Gasteiger partial charge in [-0.2, -0.15) is 0 Å². The van der Waals surface area contributed by atoms with Gasteiger partial charge in [-0.15, -0.1) is 0 Å². The summed E-state index contributed by atoms with van der Waals surface area (Å²) in [4.78, 5) is 23.6. The van der Waals surface area contributed by atoms with Crippen LogP contribution in [0.3, 0.4) is 0 Å². The van der Waals surface area contributed by atoms with Gasteiger partial charge in [0.2, 0.25) is 0 Å². The Morgan fingerprint density at radius 2 is 1.82 bits per heavy atom. The molecule has 8 atom stereocenters. The number of aldehydes is 1. The molecule has 250 valence electrons. The van der Waals surface area contributed by atoms with Gasteiger partial charge in [0, 0.05) is 18.9 Å². The number of aromatic hydroxyl groups is 1. The molecule has 0 aliphatic heterocycles. The molecule has 0 bridgehead atoms. The SMILES string of the molecule is CC(C)CCC[C@@H](C)[C@H]1CC[C@H]2[C@@H]3CC=C4C[C@@H](OC(=O)CCCCCOc5ccc(C=O)c(O)c5)CC[C@]4(C)[C@H]3CC[C@]12C. The first-order chi connectivity index (χ1) is 21.5. The Morgan fingerprint density at radius 3 is 2.58 bits per heavy atom. The highest BCUT2D eigenvalue weighted by Crippen LogP contribution is 2.67. The summed E-state index contributed by atoms with van der Waals surface area (Å²) in [5.74, 6) is 5.46. The average molecular weight is 621 g/mol. The van der Waals surface area contributed by atoms with Gasteiger partial charge in [0.05, 0.1) is 12.2 Å². The Balaban J connectivity index is 1.06. The molecule has 1 N–H and O–H groups in total. The number of benzene rings is 1. The van der Waals surface area contributed by atoms with Gasteiger partial charge in [0.25, 0.3) is 0 Å². The van der Waals surface area contributed by atoms with E-state index in [2.05, 4.69) is 40.7 Å². The van der Waals surface area contributed by atoms with Crippen molar-refractivity contribution in [1.29, 1.82) is 0 Å². The summed E-state index contributed by atoms with van der Waals surface area (Å²) >= 11 is 0. The molecule has 4 aliphatic carbocycles. The second-order valence-electron chi connectivity index (χ2n) is 16.1. The van der Waals surface area contributed by atoms with Crippen LogP contribution in [0.1, 0.15) is 141 Å². The third kappa shape index (κ3) is 7.49. The zero-order valence-corrected chi connectivity index (χ0v) is 28.8. The third-order valence-electron chi connectivity index (χ3n) is 13.0. The van der Waals surface area contributed by atoms with Crippen LogP contribution in [0.25, 0.3) is 0 Å². The molecule has 1 aromatic carbocycles. The number of hydrogen-bond donors (Lipinski definition) is 1. The Bertz CT molecular complexity index is 1200. The molecule has 0 radical (unpaired) electrons. The molecule has 1 aromatic rings. The van der Waals surface area contributed by atoms with Crippen LogP contribution in [-0.4, -0.2) is 30.1 Å². The minimum absolute atomic E-state index is 0.0233. The predicted molar refractivity (Wildman–Crippen MR) is 180 cm³/mol. The van der Waals surface area contributed by atoms with Crippen LogP contribution in [0.15, 0.2) is 29.8 Å². The number of esters is 1. The molecule has 0 unspecified atom stereocenters. The molecule has 0 heterocycles. The minimum atomic E-state index is -0.0707. The monoisotopic (exact) mass is 620 g/mol. The summed E-state index contributed by atoms with van der Waals surface area (Å²) < 4.78 is 11.7. The van der Waals surface area contributed by atoms with Crippen LogP contribution in [0, 0.1) is 46.3 Å². The van der Waals surface area contributed by atoms with Crippen LogP contribution in [-0.2, 0) is 9.53 Å². The fraction of sp³-hybridized carbons (Fsp3) is 0.750. The number of rotatable bonds is 14. The van der Waals surface area contributed by atoms with E-state index in [1.807, 2.05) is 0 Å². The Hall–Kier alpha value is -2.30. The topological polar surface area (TPSA) is 72.8 Å².